The number of nitrogens with one attached hydrogen (secondary N) is 2. The third kappa shape index (κ3) is 2.64. The van der Waals surface area contributed by atoms with Gasteiger partial charge >= 0.3 is 0 Å². The van der Waals surface area contributed by atoms with Crippen LogP contribution in [0.5, 0.6) is 0 Å². The maximum atomic E-state index is 4.31. The van der Waals surface area contributed by atoms with Crippen LogP contribution < -0.4 is 5.32 Å². The van der Waals surface area contributed by atoms with E-state index in [2.05, 4.69) is 32.4 Å². The molecule has 0 aliphatic carbocycles. The maximum Gasteiger partial charge on any atom is 0.141 e. The second kappa shape index (κ2) is 5.37. The van der Waals surface area contributed by atoms with E-state index in [9.17, 15) is 0 Å². The number of aromatic amines is 1. The molecule has 84 valence electrons. The summed E-state index contributed by atoms with van der Waals surface area (Å²) in [6, 6.07) is 6.06. The Balaban J connectivity index is 2.09. The van der Waals surface area contributed by atoms with Gasteiger partial charge in [-0.3, -0.25) is 10.1 Å². The zero-order valence-electron chi connectivity index (χ0n) is 9.22. The molecule has 0 radical (unpaired) electrons. The van der Waals surface area contributed by atoms with Gasteiger partial charge in [0.05, 0.1) is 6.04 Å². The Kier molecular flexibility index (Phi) is 3.61. The van der Waals surface area contributed by atoms with Crippen LogP contribution in [0.25, 0.3) is 0 Å². The summed E-state index contributed by atoms with van der Waals surface area (Å²) in [6.07, 6.45) is 4.14. The lowest BCUT2D eigenvalue weighted by molar-refractivity contribution is 0.518. The van der Waals surface area contributed by atoms with Crippen LogP contribution in [0.15, 0.2) is 30.7 Å². The van der Waals surface area contributed by atoms with Gasteiger partial charge in [0.15, 0.2) is 0 Å². The Hall–Kier alpha value is -1.75. The van der Waals surface area contributed by atoms with E-state index >= 15 is 0 Å². The largest absolute Gasteiger partial charge is 0.307 e. The van der Waals surface area contributed by atoms with Crippen LogP contribution in [0.4, 0.5) is 0 Å². The molecule has 0 bridgehead atoms. The van der Waals surface area contributed by atoms with Crippen molar-refractivity contribution in [1.82, 2.24) is 25.5 Å². The molecule has 16 heavy (non-hydrogen) atoms. The van der Waals surface area contributed by atoms with Gasteiger partial charge in [0.1, 0.15) is 12.2 Å². The van der Waals surface area contributed by atoms with Crippen LogP contribution >= 0.6 is 0 Å². The van der Waals surface area contributed by atoms with Crippen molar-refractivity contribution in [3.8, 4) is 0 Å². The predicted molar refractivity (Wildman–Crippen MR) is 60.7 cm³/mol. The first kappa shape index (κ1) is 10.8. The molecule has 5 nitrogen and oxygen atoms in total. The van der Waals surface area contributed by atoms with Gasteiger partial charge in [-0.05, 0) is 18.7 Å². The lowest BCUT2D eigenvalue weighted by atomic mass is 10.1. The van der Waals surface area contributed by atoms with Crippen molar-refractivity contribution in [2.24, 2.45) is 0 Å². The summed E-state index contributed by atoms with van der Waals surface area (Å²) in [5.41, 5.74) is 1.05. The van der Waals surface area contributed by atoms with Gasteiger partial charge in [-0.1, -0.05) is 13.0 Å². The third-order valence-corrected chi connectivity index (χ3v) is 2.35. The van der Waals surface area contributed by atoms with E-state index in [1.54, 1.807) is 6.20 Å². The standard InChI is InChI=1S/C11H15N5/c1-2-12-10(11-14-8-15-16-11)7-9-5-3-4-6-13-9/h3-6,8,10,12H,2,7H2,1H3,(H,14,15,16). The van der Waals surface area contributed by atoms with E-state index in [1.165, 1.54) is 6.33 Å². The zero-order chi connectivity index (χ0) is 11.2. The molecule has 1 atom stereocenters. The predicted octanol–water partition coefficient (Wildman–Crippen LogP) is 1.09. The Morgan fingerprint density at radius 2 is 2.31 bits per heavy atom. The van der Waals surface area contributed by atoms with Crippen LogP contribution in [0.1, 0.15) is 24.5 Å². The molecule has 2 aromatic rings. The molecule has 0 aliphatic heterocycles. The highest BCUT2D eigenvalue weighted by molar-refractivity contribution is 5.08. The lowest BCUT2D eigenvalue weighted by Gasteiger charge is -2.14. The van der Waals surface area contributed by atoms with Gasteiger partial charge in [0, 0.05) is 18.3 Å². The Bertz CT molecular complexity index is 398. The molecule has 2 N–H and O–H groups in total. The van der Waals surface area contributed by atoms with E-state index in [1.807, 2.05) is 18.2 Å². The van der Waals surface area contributed by atoms with Gasteiger partial charge in [-0.15, -0.1) is 0 Å². The minimum atomic E-state index is 0.141. The molecule has 0 fully saturated rings. The molecule has 0 aromatic carbocycles. The van der Waals surface area contributed by atoms with E-state index in [0.717, 1.165) is 24.5 Å². The molecule has 0 saturated heterocycles. The monoisotopic (exact) mass is 217 g/mol. The van der Waals surface area contributed by atoms with Crippen LogP contribution in [0.2, 0.25) is 0 Å². The number of rotatable bonds is 5. The summed E-state index contributed by atoms with van der Waals surface area (Å²) in [4.78, 5) is 8.48. The molecule has 2 aromatic heterocycles. The van der Waals surface area contributed by atoms with Crippen molar-refractivity contribution >= 4 is 0 Å². The average molecular weight is 217 g/mol. The molecule has 0 amide bonds. The minimum Gasteiger partial charge on any atom is -0.307 e. The number of likely N-dealkylation sites (N-methyl/N-ethyl adjacent to an activating group) is 1. The smallest absolute Gasteiger partial charge is 0.141 e. The van der Waals surface area contributed by atoms with Gasteiger partial charge < -0.3 is 5.32 Å². The zero-order valence-corrected chi connectivity index (χ0v) is 9.22. The summed E-state index contributed by atoms with van der Waals surface area (Å²) < 4.78 is 0. The van der Waals surface area contributed by atoms with Crippen LogP contribution in [0, 0.1) is 0 Å². The first-order valence-corrected chi connectivity index (χ1v) is 5.38. The van der Waals surface area contributed by atoms with Gasteiger partial charge in [-0.25, -0.2) is 4.98 Å². The fourth-order valence-electron chi connectivity index (χ4n) is 1.62. The van der Waals surface area contributed by atoms with E-state index in [-0.39, 0.29) is 6.04 Å². The highest BCUT2D eigenvalue weighted by Gasteiger charge is 2.14. The van der Waals surface area contributed by atoms with Gasteiger partial charge in [0.25, 0.3) is 0 Å². The Morgan fingerprint density at radius 1 is 1.38 bits per heavy atom. The quantitative estimate of drug-likeness (QED) is 0.787. The molecule has 2 heterocycles. The number of hydrogen-bond donors (Lipinski definition) is 2. The molecule has 5 heteroatoms. The second-order valence-corrected chi connectivity index (χ2v) is 3.51. The molecular weight excluding hydrogens is 202 g/mol. The Morgan fingerprint density at radius 3 is 2.94 bits per heavy atom. The highest BCUT2D eigenvalue weighted by Crippen LogP contribution is 2.12. The van der Waals surface area contributed by atoms with Crippen molar-refractivity contribution in [2.75, 3.05) is 6.54 Å². The van der Waals surface area contributed by atoms with Crippen LogP contribution in [0.3, 0.4) is 0 Å². The molecule has 0 saturated carbocycles. The highest BCUT2D eigenvalue weighted by atomic mass is 15.2. The number of pyridine rings is 1. The number of hydrogen-bond acceptors (Lipinski definition) is 4. The fourth-order valence-corrected chi connectivity index (χ4v) is 1.62. The lowest BCUT2D eigenvalue weighted by Crippen LogP contribution is -2.24. The summed E-state index contributed by atoms with van der Waals surface area (Å²) in [7, 11) is 0. The van der Waals surface area contributed by atoms with E-state index < -0.39 is 0 Å². The summed E-state index contributed by atoms with van der Waals surface area (Å²) >= 11 is 0. The maximum absolute atomic E-state index is 4.31. The molecular formula is C11H15N5. The van der Waals surface area contributed by atoms with Crippen molar-refractivity contribution < 1.29 is 0 Å². The van der Waals surface area contributed by atoms with Crippen molar-refractivity contribution in [2.45, 2.75) is 19.4 Å². The number of aromatic nitrogens is 4. The number of nitrogens with zero attached hydrogens (tertiary/aromatic N) is 3. The van der Waals surface area contributed by atoms with Gasteiger partial charge in [0.2, 0.25) is 0 Å². The summed E-state index contributed by atoms with van der Waals surface area (Å²) in [6.45, 7) is 2.96. The normalized spacial score (nSPS) is 12.6. The number of H-pyrrole nitrogens is 1. The first-order valence-electron chi connectivity index (χ1n) is 5.38. The molecule has 1 unspecified atom stereocenters. The van der Waals surface area contributed by atoms with E-state index in [0.29, 0.717) is 0 Å². The summed E-state index contributed by atoms with van der Waals surface area (Å²) in [5, 5.41) is 10.1. The second-order valence-electron chi connectivity index (χ2n) is 3.51. The Labute approximate surface area is 94.3 Å². The van der Waals surface area contributed by atoms with Crippen LogP contribution in [-0.2, 0) is 6.42 Å². The van der Waals surface area contributed by atoms with Crippen molar-refractivity contribution in [3.63, 3.8) is 0 Å². The van der Waals surface area contributed by atoms with E-state index in [4.69, 9.17) is 0 Å². The van der Waals surface area contributed by atoms with Crippen molar-refractivity contribution in [1.29, 1.82) is 0 Å². The van der Waals surface area contributed by atoms with Crippen molar-refractivity contribution in [3.05, 3.63) is 42.2 Å². The van der Waals surface area contributed by atoms with Gasteiger partial charge in [-0.2, -0.15) is 5.10 Å². The average Bonchev–Trinajstić information content (AvgIpc) is 2.83. The van der Waals surface area contributed by atoms with Crippen LogP contribution in [-0.4, -0.2) is 26.7 Å². The summed E-state index contributed by atoms with van der Waals surface area (Å²) in [5.74, 6) is 0.854. The third-order valence-electron chi connectivity index (χ3n) is 2.35. The molecule has 0 aliphatic rings. The molecule has 0 spiro atoms. The SMILES string of the molecule is CCNC(Cc1ccccn1)c1ncn[nH]1. The molecule has 2 rings (SSSR count). The first-order chi connectivity index (χ1) is 7.90. The topological polar surface area (TPSA) is 66.5 Å². The minimum absolute atomic E-state index is 0.141. The fraction of sp³-hybridized carbons (Fsp3) is 0.364.